The van der Waals surface area contributed by atoms with E-state index in [4.69, 9.17) is 5.26 Å². The molecule has 0 N–H and O–H groups in total. The van der Waals surface area contributed by atoms with E-state index in [-0.39, 0.29) is 0 Å². The smallest absolute Gasteiger partial charge is 0.0867 e. The molecule has 0 spiro atoms. The predicted molar refractivity (Wildman–Crippen MR) is 77.2 cm³/mol. The van der Waals surface area contributed by atoms with E-state index < -0.39 is 0 Å². The zero-order valence-corrected chi connectivity index (χ0v) is 11.4. The first-order valence-electron chi connectivity index (χ1n) is 6.64. The molecule has 1 unspecified atom stereocenters. The summed E-state index contributed by atoms with van der Waals surface area (Å²) in [6.45, 7) is 4.23. The Morgan fingerprint density at radius 3 is 2.84 bits per heavy atom. The molecule has 1 aliphatic rings. The van der Waals surface area contributed by atoms with Crippen molar-refractivity contribution in [2.24, 2.45) is 4.99 Å². The summed E-state index contributed by atoms with van der Waals surface area (Å²) >= 11 is 0. The quantitative estimate of drug-likeness (QED) is 0.606. The van der Waals surface area contributed by atoms with Gasteiger partial charge in [0.15, 0.2) is 0 Å². The third kappa shape index (κ3) is 3.63. The molecule has 0 amide bonds. The van der Waals surface area contributed by atoms with E-state index in [0.717, 1.165) is 26.2 Å². The summed E-state index contributed by atoms with van der Waals surface area (Å²) in [7, 11) is 1.81. The standard InChI is InChI=1S/C15H20N4/c1-17-8-10-19-12-11-18(9-7-16)13-15(19)14-5-3-2-4-6-14/h2-6,8,15H,9-13H2,1H3/b17-8-. The summed E-state index contributed by atoms with van der Waals surface area (Å²) < 4.78 is 0. The lowest BCUT2D eigenvalue weighted by atomic mass is 10.0. The highest BCUT2D eigenvalue weighted by Gasteiger charge is 2.27. The van der Waals surface area contributed by atoms with Crippen molar-refractivity contribution in [1.82, 2.24) is 9.80 Å². The lowest BCUT2D eigenvalue weighted by molar-refractivity contribution is 0.0968. The second kappa shape index (κ2) is 7.03. The maximum Gasteiger partial charge on any atom is 0.0867 e. The summed E-state index contributed by atoms with van der Waals surface area (Å²) in [6, 6.07) is 13.1. The van der Waals surface area contributed by atoms with E-state index >= 15 is 0 Å². The van der Waals surface area contributed by atoms with Crippen LogP contribution in [0, 0.1) is 11.3 Å². The van der Waals surface area contributed by atoms with Gasteiger partial charge in [-0.25, -0.2) is 0 Å². The summed E-state index contributed by atoms with van der Waals surface area (Å²) in [4.78, 5) is 8.73. The van der Waals surface area contributed by atoms with E-state index in [1.54, 1.807) is 0 Å². The van der Waals surface area contributed by atoms with Crippen molar-refractivity contribution in [3.8, 4) is 6.07 Å². The monoisotopic (exact) mass is 256 g/mol. The van der Waals surface area contributed by atoms with Crippen molar-refractivity contribution in [3.05, 3.63) is 35.9 Å². The van der Waals surface area contributed by atoms with Crippen LogP contribution in [0.15, 0.2) is 35.3 Å². The number of aliphatic imine (C=N–C) groups is 1. The van der Waals surface area contributed by atoms with Crippen LogP contribution in [0.5, 0.6) is 0 Å². The normalized spacial score (nSPS) is 21.6. The topological polar surface area (TPSA) is 42.6 Å². The summed E-state index contributed by atoms with van der Waals surface area (Å²) in [6.07, 6.45) is 1.95. The minimum Gasteiger partial charge on any atom is -0.300 e. The minimum atomic E-state index is 0.348. The molecule has 0 saturated carbocycles. The zero-order chi connectivity index (χ0) is 13.5. The van der Waals surface area contributed by atoms with Crippen LogP contribution >= 0.6 is 0 Å². The number of nitriles is 1. The van der Waals surface area contributed by atoms with Crippen molar-refractivity contribution < 1.29 is 0 Å². The number of hydrogen-bond acceptors (Lipinski definition) is 4. The number of piperazine rings is 1. The Morgan fingerprint density at radius 2 is 2.16 bits per heavy atom. The Kier molecular flexibility index (Phi) is 5.08. The largest absolute Gasteiger partial charge is 0.300 e. The molecule has 100 valence electrons. The molecule has 1 fully saturated rings. The Bertz CT molecular complexity index is 449. The second-order valence-electron chi connectivity index (χ2n) is 4.76. The van der Waals surface area contributed by atoms with Crippen LogP contribution in [0.1, 0.15) is 11.6 Å². The van der Waals surface area contributed by atoms with Gasteiger partial charge in [-0.05, 0) is 5.56 Å². The molecule has 0 aliphatic carbocycles. The molecule has 1 heterocycles. The minimum absolute atomic E-state index is 0.348. The Hall–Kier alpha value is -1.70. The first-order valence-corrected chi connectivity index (χ1v) is 6.64. The van der Waals surface area contributed by atoms with Gasteiger partial charge in [-0.3, -0.25) is 14.8 Å². The van der Waals surface area contributed by atoms with E-state index in [1.807, 2.05) is 19.3 Å². The SMILES string of the molecule is C/N=C\CN1CCN(CC#N)CC1c1ccccc1. The van der Waals surface area contributed by atoms with Gasteiger partial charge in [0.25, 0.3) is 0 Å². The number of nitrogens with zero attached hydrogens (tertiary/aromatic N) is 4. The molecule has 1 atom stereocenters. The van der Waals surface area contributed by atoms with Gasteiger partial charge < -0.3 is 0 Å². The maximum atomic E-state index is 8.86. The zero-order valence-electron chi connectivity index (χ0n) is 11.4. The first kappa shape index (κ1) is 13.7. The molecule has 1 aromatic rings. The molecule has 0 aromatic heterocycles. The van der Waals surface area contributed by atoms with E-state index in [2.05, 4.69) is 45.1 Å². The van der Waals surface area contributed by atoms with Gasteiger partial charge in [-0.15, -0.1) is 0 Å². The fraction of sp³-hybridized carbons (Fsp3) is 0.467. The summed E-state index contributed by atoms with van der Waals surface area (Å²) in [5, 5.41) is 8.86. The van der Waals surface area contributed by atoms with Gasteiger partial charge >= 0.3 is 0 Å². The highest BCUT2D eigenvalue weighted by atomic mass is 15.3. The second-order valence-corrected chi connectivity index (χ2v) is 4.76. The molecule has 0 radical (unpaired) electrons. The number of hydrogen-bond donors (Lipinski definition) is 0. The maximum absolute atomic E-state index is 8.86. The van der Waals surface area contributed by atoms with Gasteiger partial charge in [0.2, 0.25) is 0 Å². The highest BCUT2D eigenvalue weighted by Crippen LogP contribution is 2.24. The van der Waals surface area contributed by atoms with Crippen LogP contribution in [0.2, 0.25) is 0 Å². The molecular weight excluding hydrogens is 236 g/mol. The van der Waals surface area contributed by atoms with Crippen LogP contribution in [-0.2, 0) is 0 Å². The molecule has 0 bridgehead atoms. The Balaban J connectivity index is 2.13. The number of benzene rings is 1. The third-order valence-electron chi connectivity index (χ3n) is 3.55. The third-order valence-corrected chi connectivity index (χ3v) is 3.55. The Labute approximate surface area is 115 Å². The Morgan fingerprint density at radius 1 is 1.37 bits per heavy atom. The highest BCUT2D eigenvalue weighted by molar-refractivity contribution is 5.59. The molecule has 4 heteroatoms. The summed E-state index contributed by atoms with van der Waals surface area (Å²) in [5.41, 5.74) is 1.31. The molecule has 1 aliphatic heterocycles. The van der Waals surface area contributed by atoms with Crippen molar-refractivity contribution >= 4 is 6.21 Å². The first-order chi connectivity index (χ1) is 9.35. The van der Waals surface area contributed by atoms with Crippen LogP contribution < -0.4 is 0 Å². The fourth-order valence-electron chi connectivity index (χ4n) is 2.52. The molecular formula is C15H20N4. The van der Waals surface area contributed by atoms with Gasteiger partial charge in [0.05, 0.1) is 12.6 Å². The van der Waals surface area contributed by atoms with Crippen LogP contribution in [0.25, 0.3) is 0 Å². The lowest BCUT2D eigenvalue weighted by Crippen LogP contribution is -2.48. The molecule has 1 saturated heterocycles. The van der Waals surface area contributed by atoms with Crippen LogP contribution in [0.4, 0.5) is 0 Å². The van der Waals surface area contributed by atoms with Crippen molar-refractivity contribution in [3.63, 3.8) is 0 Å². The average molecular weight is 256 g/mol. The van der Waals surface area contributed by atoms with Crippen LogP contribution in [-0.4, -0.2) is 55.8 Å². The number of rotatable bonds is 4. The van der Waals surface area contributed by atoms with Crippen LogP contribution in [0.3, 0.4) is 0 Å². The van der Waals surface area contributed by atoms with Gasteiger partial charge in [-0.2, -0.15) is 5.26 Å². The molecule has 1 aromatic carbocycles. The van der Waals surface area contributed by atoms with E-state index in [0.29, 0.717) is 12.6 Å². The molecule has 2 rings (SSSR count). The van der Waals surface area contributed by atoms with Gasteiger partial charge in [0, 0.05) is 45.5 Å². The van der Waals surface area contributed by atoms with Gasteiger partial charge in [0.1, 0.15) is 0 Å². The van der Waals surface area contributed by atoms with Crippen molar-refractivity contribution in [1.29, 1.82) is 5.26 Å². The predicted octanol–water partition coefficient (Wildman–Crippen LogP) is 1.57. The van der Waals surface area contributed by atoms with Crippen molar-refractivity contribution in [2.45, 2.75) is 6.04 Å². The van der Waals surface area contributed by atoms with E-state index in [1.165, 1.54) is 5.56 Å². The molecule has 4 nitrogen and oxygen atoms in total. The van der Waals surface area contributed by atoms with Gasteiger partial charge in [-0.1, -0.05) is 30.3 Å². The average Bonchev–Trinajstić information content (AvgIpc) is 2.47. The van der Waals surface area contributed by atoms with E-state index in [9.17, 15) is 0 Å². The van der Waals surface area contributed by atoms with Crippen molar-refractivity contribution in [2.75, 3.05) is 39.8 Å². The lowest BCUT2D eigenvalue weighted by Gasteiger charge is -2.40. The molecule has 19 heavy (non-hydrogen) atoms. The fourth-order valence-corrected chi connectivity index (χ4v) is 2.52. The summed E-state index contributed by atoms with van der Waals surface area (Å²) in [5.74, 6) is 0.